The van der Waals surface area contributed by atoms with Crippen LogP contribution in [0.1, 0.15) is 43.3 Å². The number of furan rings is 1. The van der Waals surface area contributed by atoms with Crippen LogP contribution in [0.5, 0.6) is 0 Å². The maximum absolute atomic E-state index is 12.9. The zero-order valence-electron chi connectivity index (χ0n) is 18.5. The van der Waals surface area contributed by atoms with E-state index in [4.69, 9.17) is 16.0 Å². The van der Waals surface area contributed by atoms with Crippen LogP contribution < -0.4 is 16.0 Å². The van der Waals surface area contributed by atoms with E-state index in [1.54, 1.807) is 41.8 Å². The highest BCUT2D eigenvalue weighted by molar-refractivity contribution is 7.14. The Morgan fingerprint density at radius 1 is 1.12 bits per heavy atom. The van der Waals surface area contributed by atoms with Crippen LogP contribution >= 0.6 is 22.9 Å². The number of nitrogens with zero attached hydrogens (tertiary/aromatic N) is 1. The Morgan fingerprint density at radius 2 is 1.85 bits per heavy atom. The molecule has 3 amide bonds. The highest BCUT2D eigenvalue weighted by atomic mass is 35.5. The number of nitrogens with one attached hydrogen (secondary N) is 3. The molecular formula is C23H25ClN4O4S. The van der Waals surface area contributed by atoms with E-state index in [2.05, 4.69) is 20.9 Å². The molecule has 2 aromatic heterocycles. The van der Waals surface area contributed by atoms with Gasteiger partial charge in [-0.2, -0.15) is 0 Å². The fourth-order valence-corrected chi connectivity index (χ4v) is 3.83. The standard InChI is InChI=1S/C23H25ClN4O4S/c1-13(2)10-18(26-21(30)15-4-6-16(24)7-5-15)22(31)28-23-27-19(12-33-23)20-9-8-17(32-20)11-25-14(3)29/h4-9,12-13,18H,10-11H2,1-3H3,(H,25,29)(H,26,30)(H,27,28,31). The van der Waals surface area contributed by atoms with Crippen LogP contribution in [0.3, 0.4) is 0 Å². The number of aromatic nitrogens is 1. The fourth-order valence-electron chi connectivity index (χ4n) is 3.00. The first kappa shape index (κ1) is 24.5. The van der Waals surface area contributed by atoms with Crippen molar-refractivity contribution in [3.8, 4) is 11.5 Å². The van der Waals surface area contributed by atoms with Gasteiger partial charge in [0.25, 0.3) is 5.91 Å². The second kappa shape index (κ2) is 11.1. The maximum Gasteiger partial charge on any atom is 0.251 e. The molecule has 0 saturated carbocycles. The third kappa shape index (κ3) is 7.16. The minimum absolute atomic E-state index is 0.147. The van der Waals surface area contributed by atoms with E-state index < -0.39 is 6.04 Å². The molecule has 3 N–H and O–H groups in total. The molecule has 0 bridgehead atoms. The summed E-state index contributed by atoms with van der Waals surface area (Å²) in [6.07, 6.45) is 0.466. The molecule has 0 spiro atoms. The topological polar surface area (TPSA) is 113 Å². The van der Waals surface area contributed by atoms with E-state index in [-0.39, 0.29) is 30.2 Å². The minimum atomic E-state index is -0.728. The van der Waals surface area contributed by atoms with Gasteiger partial charge < -0.3 is 20.4 Å². The Bertz CT molecular complexity index is 1120. The van der Waals surface area contributed by atoms with Crippen molar-refractivity contribution >= 4 is 45.8 Å². The Morgan fingerprint density at radius 3 is 2.52 bits per heavy atom. The molecule has 1 atom stereocenters. The minimum Gasteiger partial charge on any atom is -0.458 e. The number of anilines is 1. The van der Waals surface area contributed by atoms with Crippen LogP contribution in [0.15, 0.2) is 46.2 Å². The molecule has 10 heteroatoms. The van der Waals surface area contributed by atoms with Gasteiger partial charge in [0.05, 0.1) is 6.54 Å². The van der Waals surface area contributed by atoms with Crippen LogP contribution in [0.4, 0.5) is 5.13 Å². The number of carbonyl (C=O) groups excluding carboxylic acids is 3. The molecule has 3 aromatic rings. The second-order valence-electron chi connectivity index (χ2n) is 7.87. The van der Waals surface area contributed by atoms with Crippen molar-refractivity contribution in [3.05, 3.63) is 58.1 Å². The van der Waals surface area contributed by atoms with E-state index in [1.165, 1.54) is 18.3 Å². The van der Waals surface area contributed by atoms with Gasteiger partial charge in [-0.1, -0.05) is 25.4 Å². The number of benzene rings is 1. The van der Waals surface area contributed by atoms with Crippen LogP contribution in [-0.2, 0) is 16.1 Å². The monoisotopic (exact) mass is 488 g/mol. The lowest BCUT2D eigenvalue weighted by molar-refractivity contribution is -0.119. The molecule has 1 aromatic carbocycles. The van der Waals surface area contributed by atoms with Gasteiger partial charge in [-0.15, -0.1) is 11.3 Å². The number of halogens is 1. The number of hydrogen-bond donors (Lipinski definition) is 3. The molecule has 1 unspecified atom stereocenters. The average molecular weight is 489 g/mol. The molecule has 2 heterocycles. The highest BCUT2D eigenvalue weighted by Gasteiger charge is 2.24. The first-order chi connectivity index (χ1) is 15.7. The second-order valence-corrected chi connectivity index (χ2v) is 9.16. The normalized spacial score (nSPS) is 11.8. The summed E-state index contributed by atoms with van der Waals surface area (Å²) in [5, 5.41) is 10.9. The number of thiazole rings is 1. The fraction of sp³-hybridized carbons (Fsp3) is 0.304. The molecule has 33 heavy (non-hydrogen) atoms. The van der Waals surface area contributed by atoms with E-state index in [9.17, 15) is 14.4 Å². The van der Waals surface area contributed by atoms with Gasteiger partial charge in [0.2, 0.25) is 11.8 Å². The van der Waals surface area contributed by atoms with E-state index >= 15 is 0 Å². The van der Waals surface area contributed by atoms with Gasteiger partial charge in [-0.05, 0) is 48.7 Å². The summed E-state index contributed by atoms with van der Waals surface area (Å²) in [7, 11) is 0. The molecule has 8 nitrogen and oxygen atoms in total. The van der Waals surface area contributed by atoms with E-state index in [0.29, 0.717) is 39.4 Å². The highest BCUT2D eigenvalue weighted by Crippen LogP contribution is 2.27. The maximum atomic E-state index is 12.9. The van der Waals surface area contributed by atoms with Crippen molar-refractivity contribution in [2.45, 2.75) is 39.8 Å². The van der Waals surface area contributed by atoms with Crippen molar-refractivity contribution in [2.24, 2.45) is 5.92 Å². The number of hydrogen-bond acceptors (Lipinski definition) is 6. The largest absolute Gasteiger partial charge is 0.458 e. The third-order valence-corrected chi connectivity index (χ3v) is 5.61. The molecule has 0 aliphatic carbocycles. The summed E-state index contributed by atoms with van der Waals surface area (Å²) in [6, 6.07) is 9.26. The molecule has 0 fully saturated rings. The predicted octanol–water partition coefficient (Wildman–Crippen LogP) is 4.48. The van der Waals surface area contributed by atoms with E-state index in [0.717, 1.165) is 0 Å². The summed E-state index contributed by atoms with van der Waals surface area (Å²) in [6.45, 7) is 5.67. The number of carbonyl (C=O) groups is 3. The third-order valence-electron chi connectivity index (χ3n) is 4.60. The number of rotatable bonds is 9. The van der Waals surface area contributed by atoms with E-state index in [1.807, 2.05) is 13.8 Å². The lowest BCUT2D eigenvalue weighted by atomic mass is 10.0. The molecule has 0 aliphatic heterocycles. The summed E-state index contributed by atoms with van der Waals surface area (Å²) >= 11 is 7.14. The quantitative estimate of drug-likeness (QED) is 0.411. The first-order valence-electron chi connectivity index (χ1n) is 10.4. The van der Waals surface area contributed by atoms with Gasteiger partial charge in [-0.3, -0.25) is 14.4 Å². The molecule has 0 aliphatic rings. The Balaban J connectivity index is 1.66. The molecule has 174 valence electrons. The smallest absolute Gasteiger partial charge is 0.251 e. The van der Waals surface area contributed by atoms with Gasteiger partial charge in [0.15, 0.2) is 10.9 Å². The van der Waals surface area contributed by atoms with Crippen LogP contribution in [-0.4, -0.2) is 28.7 Å². The lowest BCUT2D eigenvalue weighted by Gasteiger charge is -2.19. The van der Waals surface area contributed by atoms with Crippen LogP contribution in [0, 0.1) is 5.92 Å². The molecule has 3 rings (SSSR count). The zero-order chi connectivity index (χ0) is 24.0. The van der Waals surface area contributed by atoms with Crippen LogP contribution in [0.25, 0.3) is 11.5 Å². The summed E-state index contributed by atoms with van der Waals surface area (Å²) in [5.74, 6) is 0.462. The number of amides is 3. The average Bonchev–Trinajstić information content (AvgIpc) is 3.41. The van der Waals surface area contributed by atoms with Crippen LogP contribution in [0.2, 0.25) is 5.02 Å². The van der Waals surface area contributed by atoms with Gasteiger partial charge in [-0.25, -0.2) is 4.98 Å². The van der Waals surface area contributed by atoms with Gasteiger partial charge >= 0.3 is 0 Å². The summed E-state index contributed by atoms with van der Waals surface area (Å²) in [5.41, 5.74) is 0.986. The van der Waals surface area contributed by atoms with Crippen molar-refractivity contribution in [1.29, 1.82) is 0 Å². The first-order valence-corrected chi connectivity index (χ1v) is 11.6. The van der Waals surface area contributed by atoms with Gasteiger partial charge in [0, 0.05) is 22.9 Å². The Kier molecular flexibility index (Phi) is 8.24. The molecule has 0 saturated heterocycles. The van der Waals surface area contributed by atoms with Crippen molar-refractivity contribution < 1.29 is 18.8 Å². The zero-order valence-corrected chi connectivity index (χ0v) is 20.0. The SMILES string of the molecule is CC(=O)NCc1ccc(-c2csc(NC(=O)C(CC(C)C)NC(=O)c3ccc(Cl)cc3)n2)o1. The lowest BCUT2D eigenvalue weighted by Crippen LogP contribution is -2.44. The molecule has 0 radical (unpaired) electrons. The summed E-state index contributed by atoms with van der Waals surface area (Å²) in [4.78, 5) is 41.0. The predicted molar refractivity (Wildman–Crippen MR) is 128 cm³/mol. The van der Waals surface area contributed by atoms with Crippen molar-refractivity contribution in [1.82, 2.24) is 15.6 Å². The Hall–Kier alpha value is -3.17. The van der Waals surface area contributed by atoms with Gasteiger partial charge in [0.1, 0.15) is 17.5 Å². The van der Waals surface area contributed by atoms with Crippen molar-refractivity contribution in [3.63, 3.8) is 0 Å². The summed E-state index contributed by atoms with van der Waals surface area (Å²) < 4.78 is 5.70. The van der Waals surface area contributed by atoms with Crippen molar-refractivity contribution in [2.75, 3.05) is 5.32 Å². The Labute approximate surface area is 200 Å². The molecular weight excluding hydrogens is 464 g/mol.